The number of carbonyl (C=O) groups is 9. The molecule has 0 saturated carbocycles. The summed E-state index contributed by atoms with van der Waals surface area (Å²) >= 11 is 33.9. The van der Waals surface area contributed by atoms with E-state index in [1.807, 2.05) is 93.6 Å². The molecular weight excluding hydrogens is 1520 g/mol. The monoisotopic (exact) mass is 1620 g/mol. The lowest BCUT2D eigenvalue weighted by atomic mass is 9.69. The molecule has 4 aromatic rings. The van der Waals surface area contributed by atoms with Gasteiger partial charge in [-0.05, 0) is 148 Å². The van der Waals surface area contributed by atoms with Crippen molar-refractivity contribution in [3.05, 3.63) is 95.3 Å². The van der Waals surface area contributed by atoms with E-state index < -0.39 is 109 Å². The molecular formula is C78H105Cl6N7O17. The van der Waals surface area contributed by atoms with Gasteiger partial charge in [0, 0.05) is 79.8 Å². The van der Waals surface area contributed by atoms with E-state index in [1.165, 1.54) is 4.90 Å². The summed E-state index contributed by atoms with van der Waals surface area (Å²) < 4.78 is 23.0. The van der Waals surface area contributed by atoms with Gasteiger partial charge < -0.3 is 64.8 Å². The number of amides is 5. The van der Waals surface area contributed by atoms with E-state index in [4.69, 9.17) is 93.3 Å². The molecule has 24 nitrogen and oxygen atoms in total. The van der Waals surface area contributed by atoms with Gasteiger partial charge in [0.1, 0.15) is 42.7 Å². The molecule has 4 aliphatic rings. The van der Waals surface area contributed by atoms with Crippen LogP contribution in [0.5, 0.6) is 0 Å². The summed E-state index contributed by atoms with van der Waals surface area (Å²) in [7, 11) is 0. The van der Waals surface area contributed by atoms with Gasteiger partial charge in [0.05, 0.1) is 65.1 Å². The minimum absolute atomic E-state index is 0.0143. The van der Waals surface area contributed by atoms with Gasteiger partial charge in [0.15, 0.2) is 0 Å². The molecule has 12 atom stereocenters. The third-order valence-electron chi connectivity index (χ3n) is 19.7. The van der Waals surface area contributed by atoms with Crippen molar-refractivity contribution in [3.63, 3.8) is 0 Å². The number of alkyl carbamates (subject to hydrolysis) is 1. The minimum Gasteiger partial charge on any atom is -0.481 e. The Bertz CT molecular complexity index is 3850. The molecule has 8 rings (SSSR count). The number of benzene rings is 2. The van der Waals surface area contributed by atoms with E-state index in [2.05, 4.69) is 25.9 Å². The number of Topliss-reactive ketones (excluding diaryl/α,β-unsaturated/α-hetero) is 1. The minimum atomic E-state index is -1.73. The van der Waals surface area contributed by atoms with Gasteiger partial charge in [0.2, 0.25) is 31.2 Å². The number of carbonyl (C=O) groups excluding carboxylic acids is 8. The average Bonchev–Trinajstić information content (AvgIpc) is 1.49. The van der Waals surface area contributed by atoms with Crippen LogP contribution < -0.4 is 16.0 Å². The number of piperidine rings is 2. The molecule has 0 aliphatic carbocycles. The van der Waals surface area contributed by atoms with Crippen molar-refractivity contribution in [3.8, 4) is 0 Å². The maximum atomic E-state index is 14.2. The fraction of sp³-hybridized carbons (Fsp3) is 0.603. The van der Waals surface area contributed by atoms with Crippen molar-refractivity contribution in [1.29, 1.82) is 0 Å². The standard InChI is InChI=1S/C37H48Cl3N3O7.C21H34Cl3N3O6.C20H23NO4/c1-22(2)29(33(46)41-23(3)34(47)43-15-6-7-27(19-43)35(48)50-21-37(38,39)40)18-32(45)36(5,28-13-16-49-20-28)14-12-25-8-9-26-10-11-30(24(4)44)42-31(26)17-25;1-12(2)15(26-19(31)33-20(4,5)6)16(28)25-13(3)17(29)27-9-7-8-14(10-27)18(30)32-11-21(22,23)24;1-13(22)17-6-5-15-4-3-14(11-18(15)21-17)7-9-20(2,19(23)24)16-8-10-25-12-16/h8-12,14,17,22-24,27-29,44H,6-7,13,15-16,18-21H2,1-5H3,(H,41,46);12-15H,7-11H2,1-6H3,(H,25,28)(H,26,31);3-7,9,11,13,16,22H,8,10,12H2,1-2H3,(H,23,24)/b14-12+;;9-7+/t23-,24+,27+,28?,29-,36?;13-,14+,15-;13-,16?,20?/m001/s1. The lowest BCUT2D eigenvalue weighted by molar-refractivity contribution is -0.153. The Morgan fingerprint density at radius 2 is 0.991 bits per heavy atom. The molecule has 4 fully saturated rings. The maximum Gasteiger partial charge on any atom is 0.408 e. The molecule has 4 aliphatic heterocycles. The first-order valence-electron chi connectivity index (χ1n) is 36.5. The van der Waals surface area contributed by atoms with Crippen LogP contribution >= 0.6 is 69.6 Å². The summed E-state index contributed by atoms with van der Waals surface area (Å²) in [5, 5.41) is 39.3. The number of rotatable bonds is 25. The first-order valence-corrected chi connectivity index (χ1v) is 38.8. The van der Waals surface area contributed by atoms with E-state index in [9.17, 15) is 58.5 Å². The molecule has 108 heavy (non-hydrogen) atoms. The number of nitrogens with one attached hydrogen (secondary N) is 3. The summed E-state index contributed by atoms with van der Waals surface area (Å²) in [6, 6.07) is 16.5. The quantitative estimate of drug-likeness (QED) is 0.0204. The second kappa shape index (κ2) is 40.1. The lowest BCUT2D eigenvalue weighted by Gasteiger charge is -2.34. The number of alkyl halides is 6. The summed E-state index contributed by atoms with van der Waals surface area (Å²) in [6.45, 7) is 25.1. The zero-order valence-corrected chi connectivity index (χ0v) is 68.2. The van der Waals surface area contributed by atoms with Gasteiger partial charge in [-0.25, -0.2) is 4.79 Å². The largest absolute Gasteiger partial charge is 0.481 e. The number of carboxylic acid groups (broad SMARTS) is 1. The van der Waals surface area contributed by atoms with Crippen molar-refractivity contribution < 1.29 is 82.2 Å². The fourth-order valence-electron chi connectivity index (χ4n) is 13.0. The van der Waals surface area contributed by atoms with Crippen LogP contribution in [-0.2, 0) is 62.0 Å². The number of likely N-dealkylation sites (tertiary alicyclic amines) is 2. The molecule has 0 spiro atoms. The molecule has 2 aromatic heterocycles. The summed E-state index contributed by atoms with van der Waals surface area (Å²) in [6.07, 6.45) is 9.08. The smallest absolute Gasteiger partial charge is 0.408 e. The molecule has 4 saturated heterocycles. The molecule has 6 heterocycles. The Morgan fingerprint density at radius 1 is 0.574 bits per heavy atom. The second-order valence-corrected chi connectivity index (χ2v) is 35.4. The van der Waals surface area contributed by atoms with Crippen LogP contribution in [0.2, 0.25) is 0 Å². The first kappa shape index (κ1) is 90.4. The number of aliphatic carboxylic acids is 1. The number of nitrogens with zero attached hydrogens (tertiary/aromatic N) is 4. The number of carboxylic acids is 1. The maximum absolute atomic E-state index is 14.2. The van der Waals surface area contributed by atoms with Crippen LogP contribution in [0.1, 0.15) is 170 Å². The van der Waals surface area contributed by atoms with E-state index in [0.717, 1.165) is 39.4 Å². The molecule has 0 radical (unpaired) electrons. The van der Waals surface area contributed by atoms with Gasteiger partial charge in [-0.1, -0.05) is 158 Å². The van der Waals surface area contributed by atoms with E-state index >= 15 is 0 Å². The number of aromatic nitrogens is 2. The average molecular weight is 1630 g/mol. The number of hydrogen-bond donors (Lipinski definition) is 6. The zero-order chi connectivity index (χ0) is 80.4. The molecule has 6 N–H and O–H groups in total. The van der Waals surface area contributed by atoms with Crippen molar-refractivity contribution in [2.24, 2.45) is 52.3 Å². The molecule has 4 unspecified atom stereocenters. The normalized spacial score (nSPS) is 20.7. The number of hydrogen-bond acceptors (Lipinski definition) is 18. The third-order valence-corrected chi connectivity index (χ3v) is 20.4. The number of ketones is 1. The van der Waals surface area contributed by atoms with Crippen LogP contribution in [0.4, 0.5) is 4.79 Å². The van der Waals surface area contributed by atoms with Crippen LogP contribution in [0.15, 0.2) is 72.8 Å². The van der Waals surface area contributed by atoms with Crippen LogP contribution in [0.25, 0.3) is 34.0 Å². The van der Waals surface area contributed by atoms with Crippen molar-refractivity contribution >= 4 is 157 Å². The van der Waals surface area contributed by atoms with E-state index in [1.54, 1.807) is 86.3 Å². The third kappa shape index (κ3) is 27.2. The highest BCUT2D eigenvalue weighted by Gasteiger charge is 2.45. The van der Waals surface area contributed by atoms with Crippen molar-refractivity contribution in [2.75, 3.05) is 65.8 Å². The number of allylic oxidation sites excluding steroid dienone is 1. The highest BCUT2D eigenvalue weighted by atomic mass is 35.6. The Labute approximate surface area is 662 Å². The van der Waals surface area contributed by atoms with Gasteiger partial charge >= 0.3 is 24.0 Å². The van der Waals surface area contributed by atoms with Gasteiger partial charge in [-0.15, -0.1) is 0 Å². The van der Waals surface area contributed by atoms with Crippen LogP contribution in [0, 0.1) is 52.3 Å². The fourth-order valence-corrected chi connectivity index (χ4v) is 13.3. The van der Waals surface area contributed by atoms with Crippen LogP contribution in [-0.4, -0.2) is 186 Å². The van der Waals surface area contributed by atoms with Gasteiger partial charge in [-0.2, -0.15) is 0 Å². The highest BCUT2D eigenvalue weighted by Crippen LogP contribution is 2.41. The highest BCUT2D eigenvalue weighted by molar-refractivity contribution is 6.68. The Morgan fingerprint density at radius 3 is 1.37 bits per heavy atom. The summed E-state index contributed by atoms with van der Waals surface area (Å²) in [5.41, 5.74) is 1.87. The topological polar surface area (TPSA) is 329 Å². The SMILES string of the molecule is CC(C)[C@H](CC(=O)C(C)(/C=C/c1ccc2ccc([C@@H](C)O)nc2c1)C1CCOC1)C(=O)N[C@@H](C)C(=O)N1CCC[C@@H](C(=O)OCC(Cl)(Cl)Cl)C1.CC(C)[C@H](NC(=O)OC(C)(C)C)C(=O)N[C@@H](C)C(=O)N1CCC[C@@H](C(=O)OCC(Cl)(Cl)Cl)C1.C[C@@H](O)c1ccc2ccc(/C=C/C(C)(C(=O)O)C3CCOC3)cc2n1. The predicted octanol–water partition coefficient (Wildman–Crippen LogP) is 12.9. The second-order valence-electron chi connectivity index (χ2n) is 30.4. The number of aliphatic hydroxyl groups excluding tert-OH is 2. The van der Waals surface area contributed by atoms with Crippen molar-refractivity contribution in [1.82, 2.24) is 35.7 Å². The van der Waals surface area contributed by atoms with Crippen LogP contribution in [0.3, 0.4) is 0 Å². The number of pyridine rings is 2. The van der Waals surface area contributed by atoms with E-state index in [0.29, 0.717) is 83.0 Å². The predicted molar refractivity (Wildman–Crippen MR) is 417 cm³/mol. The molecule has 2 aromatic carbocycles. The molecule has 5 amide bonds. The van der Waals surface area contributed by atoms with Gasteiger partial charge in [-0.3, -0.25) is 48.3 Å². The van der Waals surface area contributed by atoms with Gasteiger partial charge in [0.25, 0.3) is 0 Å². The lowest BCUT2D eigenvalue weighted by Crippen LogP contribution is -2.56. The Hall–Kier alpha value is -6.45. The number of esters is 2. The number of halogens is 6. The summed E-state index contributed by atoms with van der Waals surface area (Å²) in [5.74, 6) is -5.89. The van der Waals surface area contributed by atoms with E-state index in [-0.39, 0.29) is 73.3 Å². The number of fused-ring (bicyclic) bond motifs is 2. The Balaban J connectivity index is 0.000000271. The summed E-state index contributed by atoms with van der Waals surface area (Å²) in [4.78, 5) is 128. The Kier molecular flexibility index (Phi) is 33.6. The number of aliphatic hydroxyl groups is 2. The molecule has 0 bridgehead atoms. The van der Waals surface area contributed by atoms with Crippen molar-refractivity contribution in [2.45, 2.75) is 178 Å². The zero-order valence-electron chi connectivity index (χ0n) is 63.6. The molecule has 596 valence electrons. The number of ether oxygens (including phenoxy) is 5. The molecule has 30 heteroatoms. The first-order chi connectivity index (χ1) is 50.4.